The van der Waals surface area contributed by atoms with Crippen LogP contribution in [-0.2, 0) is 11.2 Å². The Labute approximate surface area is 159 Å². The second-order valence-corrected chi connectivity index (χ2v) is 6.35. The molecular weight excluding hydrogens is 350 g/mol. The van der Waals surface area contributed by atoms with Crippen molar-refractivity contribution >= 4 is 34.9 Å². The van der Waals surface area contributed by atoms with Crippen LogP contribution in [0.25, 0.3) is 10.9 Å². The van der Waals surface area contributed by atoms with Gasteiger partial charge in [0.25, 0.3) is 0 Å². The molecule has 26 heavy (non-hydrogen) atoms. The molecule has 3 aromatic rings. The van der Waals surface area contributed by atoms with Crippen LogP contribution in [-0.4, -0.2) is 23.0 Å². The summed E-state index contributed by atoms with van der Waals surface area (Å²) in [6.45, 7) is 3.94. The van der Waals surface area contributed by atoms with Gasteiger partial charge in [-0.15, -0.1) is 12.4 Å². The van der Waals surface area contributed by atoms with Crippen molar-refractivity contribution < 1.29 is 9.53 Å². The number of anilines is 1. The second-order valence-electron chi connectivity index (χ2n) is 6.35. The van der Waals surface area contributed by atoms with E-state index in [1.54, 1.807) is 0 Å². The summed E-state index contributed by atoms with van der Waals surface area (Å²) in [5, 5.41) is 3.95. The maximum absolute atomic E-state index is 12.4. The van der Waals surface area contributed by atoms with Crippen molar-refractivity contribution in [1.29, 1.82) is 0 Å². The highest BCUT2D eigenvalue weighted by Gasteiger charge is 2.16. The zero-order valence-electron chi connectivity index (χ0n) is 14.9. The maximum atomic E-state index is 12.4. The second kappa shape index (κ2) is 8.74. The SMILES string of the molecule is CC(C)Oc1ccc(NC(=O)[C@@H](N)Cc2c[nH]c3ccccc23)cc1.Cl. The quantitative estimate of drug-likeness (QED) is 0.613. The lowest BCUT2D eigenvalue weighted by Crippen LogP contribution is -2.37. The summed E-state index contributed by atoms with van der Waals surface area (Å²) in [5.41, 5.74) is 8.88. The molecule has 0 saturated heterocycles. The summed E-state index contributed by atoms with van der Waals surface area (Å²) in [6.07, 6.45) is 2.50. The summed E-state index contributed by atoms with van der Waals surface area (Å²) >= 11 is 0. The number of carbonyl (C=O) groups excluding carboxylic acids is 1. The average molecular weight is 374 g/mol. The first-order valence-corrected chi connectivity index (χ1v) is 8.41. The minimum atomic E-state index is -0.620. The highest BCUT2D eigenvalue weighted by Crippen LogP contribution is 2.20. The van der Waals surface area contributed by atoms with Gasteiger partial charge >= 0.3 is 0 Å². The van der Waals surface area contributed by atoms with E-state index in [0.29, 0.717) is 12.1 Å². The highest BCUT2D eigenvalue weighted by molar-refractivity contribution is 5.95. The summed E-state index contributed by atoms with van der Waals surface area (Å²) in [5.74, 6) is 0.568. The molecular formula is C20H24ClN3O2. The standard InChI is InChI=1S/C20H23N3O2.ClH/c1-13(2)25-16-9-7-15(8-10-16)23-20(24)18(21)11-14-12-22-19-6-4-3-5-17(14)19;/h3-10,12-13,18,22H,11,21H2,1-2H3,(H,23,24);1H/t18-;/m0./s1. The van der Waals surface area contributed by atoms with Gasteiger partial charge in [0, 0.05) is 22.8 Å². The van der Waals surface area contributed by atoms with Gasteiger partial charge in [-0.05, 0) is 56.2 Å². The molecule has 0 unspecified atom stereocenters. The Morgan fingerprint density at radius 2 is 1.85 bits per heavy atom. The van der Waals surface area contributed by atoms with Gasteiger partial charge in [0.05, 0.1) is 12.1 Å². The van der Waals surface area contributed by atoms with Crippen LogP contribution in [0.2, 0.25) is 0 Å². The Morgan fingerprint density at radius 1 is 1.15 bits per heavy atom. The minimum Gasteiger partial charge on any atom is -0.491 e. The molecule has 0 aliphatic rings. The predicted octanol–water partition coefficient (Wildman–Crippen LogP) is 3.89. The molecule has 5 nitrogen and oxygen atoms in total. The Morgan fingerprint density at radius 3 is 2.54 bits per heavy atom. The van der Waals surface area contributed by atoms with Crippen molar-refractivity contribution in [3.8, 4) is 5.75 Å². The van der Waals surface area contributed by atoms with E-state index in [9.17, 15) is 4.79 Å². The van der Waals surface area contributed by atoms with E-state index in [4.69, 9.17) is 10.5 Å². The molecule has 0 fully saturated rings. The Hall–Kier alpha value is -2.50. The largest absolute Gasteiger partial charge is 0.491 e. The molecule has 1 aromatic heterocycles. The van der Waals surface area contributed by atoms with Gasteiger partial charge < -0.3 is 20.8 Å². The molecule has 6 heteroatoms. The number of para-hydroxylation sites is 1. The number of hydrogen-bond acceptors (Lipinski definition) is 3. The molecule has 1 amide bonds. The summed E-state index contributed by atoms with van der Waals surface area (Å²) < 4.78 is 5.59. The average Bonchev–Trinajstić information content (AvgIpc) is 2.99. The van der Waals surface area contributed by atoms with E-state index in [1.807, 2.05) is 68.6 Å². The topological polar surface area (TPSA) is 80.1 Å². The number of rotatable bonds is 6. The number of benzene rings is 2. The van der Waals surface area contributed by atoms with Crippen molar-refractivity contribution in [1.82, 2.24) is 4.98 Å². The molecule has 0 aliphatic carbocycles. The molecule has 1 heterocycles. The fraction of sp³-hybridized carbons (Fsp3) is 0.250. The number of nitrogens with two attached hydrogens (primary N) is 1. The maximum Gasteiger partial charge on any atom is 0.241 e. The zero-order chi connectivity index (χ0) is 17.8. The van der Waals surface area contributed by atoms with E-state index in [-0.39, 0.29) is 24.4 Å². The van der Waals surface area contributed by atoms with Gasteiger partial charge in [-0.3, -0.25) is 4.79 Å². The summed E-state index contributed by atoms with van der Waals surface area (Å²) in [7, 11) is 0. The van der Waals surface area contributed by atoms with Crippen LogP contribution in [0.5, 0.6) is 5.75 Å². The number of nitrogens with one attached hydrogen (secondary N) is 2. The normalized spacial score (nSPS) is 11.8. The molecule has 0 spiro atoms. The number of aromatic amines is 1. The summed E-state index contributed by atoms with van der Waals surface area (Å²) in [6, 6.07) is 14.7. The molecule has 2 aromatic carbocycles. The third-order valence-corrected chi connectivity index (χ3v) is 3.95. The van der Waals surface area contributed by atoms with Gasteiger partial charge in [0.1, 0.15) is 5.75 Å². The summed E-state index contributed by atoms with van der Waals surface area (Å²) in [4.78, 5) is 15.6. The van der Waals surface area contributed by atoms with E-state index < -0.39 is 6.04 Å². The van der Waals surface area contributed by atoms with Crippen molar-refractivity contribution in [2.75, 3.05) is 5.32 Å². The molecule has 0 bridgehead atoms. The van der Waals surface area contributed by atoms with Crippen LogP contribution in [0.15, 0.2) is 54.7 Å². The number of carbonyl (C=O) groups is 1. The highest BCUT2D eigenvalue weighted by atomic mass is 35.5. The minimum absolute atomic E-state index is 0. The molecule has 4 N–H and O–H groups in total. The first kappa shape index (κ1) is 19.8. The Kier molecular flexibility index (Phi) is 6.66. The Bertz CT molecular complexity index is 859. The molecule has 138 valence electrons. The van der Waals surface area contributed by atoms with E-state index in [1.165, 1.54) is 0 Å². The number of amides is 1. The third kappa shape index (κ3) is 4.77. The fourth-order valence-electron chi connectivity index (χ4n) is 2.75. The predicted molar refractivity (Wildman–Crippen MR) is 108 cm³/mol. The van der Waals surface area contributed by atoms with Crippen LogP contribution in [0, 0.1) is 0 Å². The van der Waals surface area contributed by atoms with Gasteiger partial charge in [-0.1, -0.05) is 18.2 Å². The first-order chi connectivity index (χ1) is 12.0. The monoisotopic (exact) mass is 373 g/mol. The number of halogens is 1. The van der Waals surface area contributed by atoms with Crippen molar-refractivity contribution in [2.45, 2.75) is 32.4 Å². The first-order valence-electron chi connectivity index (χ1n) is 8.41. The number of ether oxygens (including phenoxy) is 1. The molecule has 0 radical (unpaired) electrons. The smallest absolute Gasteiger partial charge is 0.241 e. The molecule has 0 aliphatic heterocycles. The molecule has 3 rings (SSSR count). The van der Waals surface area contributed by atoms with E-state index in [0.717, 1.165) is 22.2 Å². The van der Waals surface area contributed by atoms with Crippen LogP contribution in [0.3, 0.4) is 0 Å². The van der Waals surface area contributed by atoms with Crippen molar-refractivity contribution in [3.05, 3.63) is 60.3 Å². The van der Waals surface area contributed by atoms with Crippen molar-refractivity contribution in [3.63, 3.8) is 0 Å². The van der Waals surface area contributed by atoms with E-state index in [2.05, 4.69) is 10.3 Å². The van der Waals surface area contributed by atoms with Gasteiger partial charge in [-0.25, -0.2) is 0 Å². The fourth-order valence-corrected chi connectivity index (χ4v) is 2.75. The lowest BCUT2D eigenvalue weighted by molar-refractivity contribution is -0.117. The number of aromatic nitrogens is 1. The lowest BCUT2D eigenvalue weighted by Gasteiger charge is -2.13. The van der Waals surface area contributed by atoms with Gasteiger partial charge in [-0.2, -0.15) is 0 Å². The third-order valence-electron chi connectivity index (χ3n) is 3.95. The number of fused-ring (bicyclic) bond motifs is 1. The van der Waals surface area contributed by atoms with Gasteiger partial charge in [0.15, 0.2) is 0 Å². The van der Waals surface area contributed by atoms with Crippen LogP contribution in [0.4, 0.5) is 5.69 Å². The van der Waals surface area contributed by atoms with Crippen LogP contribution in [0.1, 0.15) is 19.4 Å². The van der Waals surface area contributed by atoms with Crippen LogP contribution >= 0.6 is 12.4 Å². The van der Waals surface area contributed by atoms with Crippen molar-refractivity contribution in [2.24, 2.45) is 5.73 Å². The number of H-pyrrole nitrogens is 1. The molecule has 1 atom stereocenters. The zero-order valence-corrected chi connectivity index (χ0v) is 15.7. The Balaban J connectivity index is 0.00000243. The van der Waals surface area contributed by atoms with Crippen LogP contribution < -0.4 is 15.8 Å². The van der Waals surface area contributed by atoms with E-state index >= 15 is 0 Å². The number of hydrogen-bond donors (Lipinski definition) is 3. The lowest BCUT2D eigenvalue weighted by atomic mass is 10.0. The molecule has 0 saturated carbocycles. The van der Waals surface area contributed by atoms with Gasteiger partial charge in [0.2, 0.25) is 5.91 Å².